The molecule has 1 atom stereocenters. The first kappa shape index (κ1) is 17.0. The number of amides is 1. The second-order valence-electron chi connectivity index (χ2n) is 5.26. The van der Waals surface area contributed by atoms with Crippen molar-refractivity contribution in [3.05, 3.63) is 69.9 Å². The van der Waals surface area contributed by atoms with Crippen molar-refractivity contribution in [3.63, 3.8) is 0 Å². The molecule has 1 aromatic heterocycles. The van der Waals surface area contributed by atoms with Gasteiger partial charge in [-0.1, -0.05) is 42.0 Å². The highest BCUT2D eigenvalue weighted by Gasteiger charge is 2.18. The molecule has 0 aliphatic heterocycles. The molecule has 0 aliphatic rings. The van der Waals surface area contributed by atoms with Crippen molar-refractivity contribution < 1.29 is 14.3 Å². The summed E-state index contributed by atoms with van der Waals surface area (Å²) >= 11 is 1.57. The van der Waals surface area contributed by atoms with Gasteiger partial charge in [0.05, 0.1) is 6.04 Å². The molecule has 1 aromatic carbocycles. The zero-order chi connectivity index (χ0) is 16.7. The second kappa shape index (κ2) is 8.29. The number of carbonyl (C=O) groups excluding carboxylic acids is 2. The minimum atomic E-state index is -0.507. The van der Waals surface area contributed by atoms with Crippen LogP contribution in [0.25, 0.3) is 0 Å². The zero-order valence-corrected chi connectivity index (χ0v) is 13.9. The average Bonchev–Trinajstić information content (AvgIpc) is 3.05. The maximum Gasteiger partial charge on any atom is 0.331 e. The molecule has 23 heavy (non-hydrogen) atoms. The van der Waals surface area contributed by atoms with Gasteiger partial charge in [0.1, 0.15) is 0 Å². The zero-order valence-electron chi connectivity index (χ0n) is 13.1. The van der Waals surface area contributed by atoms with Crippen LogP contribution in [0.15, 0.2) is 59.5 Å². The lowest BCUT2D eigenvalue weighted by Gasteiger charge is -2.18. The van der Waals surface area contributed by atoms with E-state index in [1.54, 1.807) is 25.2 Å². The van der Waals surface area contributed by atoms with Crippen molar-refractivity contribution >= 4 is 23.2 Å². The maximum absolute atomic E-state index is 12.1. The van der Waals surface area contributed by atoms with E-state index in [4.69, 9.17) is 4.74 Å². The van der Waals surface area contributed by atoms with E-state index in [1.807, 2.05) is 47.8 Å². The van der Waals surface area contributed by atoms with Crippen LogP contribution in [0.2, 0.25) is 0 Å². The highest BCUT2D eigenvalue weighted by atomic mass is 32.1. The fraction of sp³-hybridized carbons (Fsp3) is 0.222. The van der Waals surface area contributed by atoms with E-state index in [-0.39, 0.29) is 18.6 Å². The summed E-state index contributed by atoms with van der Waals surface area (Å²) in [6, 6.07) is 13.4. The van der Waals surface area contributed by atoms with Gasteiger partial charge in [0.15, 0.2) is 6.61 Å². The molecule has 120 valence electrons. The molecular weight excluding hydrogens is 310 g/mol. The minimum absolute atomic E-state index is 0.245. The Morgan fingerprint density at radius 2 is 1.91 bits per heavy atom. The van der Waals surface area contributed by atoms with Crippen molar-refractivity contribution in [1.82, 2.24) is 5.32 Å². The highest BCUT2D eigenvalue weighted by Crippen LogP contribution is 2.25. The standard InChI is InChI=1S/C18H19NO3S/c1-13(2)11-17(21)22-12-16(20)19-18(15-9-6-10-23-15)14-7-4-3-5-8-14/h3-11,18H,12H2,1-2H3,(H,19,20)/t18-/m0/s1. The lowest BCUT2D eigenvalue weighted by atomic mass is 10.1. The number of hydrogen-bond acceptors (Lipinski definition) is 4. The summed E-state index contributed by atoms with van der Waals surface area (Å²) in [6.07, 6.45) is 1.36. The summed E-state index contributed by atoms with van der Waals surface area (Å²) in [6.45, 7) is 3.30. The Labute approximate surface area is 139 Å². The number of rotatable bonds is 6. The van der Waals surface area contributed by atoms with E-state index in [9.17, 15) is 9.59 Å². The molecule has 0 bridgehead atoms. The molecule has 0 saturated heterocycles. The topological polar surface area (TPSA) is 55.4 Å². The first-order valence-corrected chi connectivity index (χ1v) is 8.13. The molecule has 2 aromatic rings. The Bertz CT molecular complexity index is 674. The fourth-order valence-electron chi connectivity index (χ4n) is 2.04. The van der Waals surface area contributed by atoms with Crippen LogP contribution in [-0.2, 0) is 14.3 Å². The van der Waals surface area contributed by atoms with Crippen LogP contribution in [0.4, 0.5) is 0 Å². The SMILES string of the molecule is CC(C)=CC(=O)OCC(=O)N[C@@H](c1ccccc1)c1cccs1. The predicted molar refractivity (Wildman–Crippen MR) is 91.1 cm³/mol. The molecule has 0 saturated carbocycles. The predicted octanol–water partition coefficient (Wildman–Crippen LogP) is 3.46. The largest absolute Gasteiger partial charge is 0.452 e. The number of ether oxygens (including phenoxy) is 1. The molecule has 0 unspecified atom stereocenters. The first-order valence-electron chi connectivity index (χ1n) is 7.25. The molecule has 1 amide bonds. The van der Waals surface area contributed by atoms with Crippen LogP contribution in [0.1, 0.15) is 30.3 Å². The normalized spacial score (nSPS) is 11.4. The summed E-state index contributed by atoms with van der Waals surface area (Å²) in [5.74, 6) is -0.838. The summed E-state index contributed by atoms with van der Waals surface area (Å²) in [5, 5.41) is 4.88. The molecule has 1 heterocycles. The third-order valence-corrected chi connectivity index (χ3v) is 3.96. The monoisotopic (exact) mass is 329 g/mol. The Hall–Kier alpha value is -2.40. The molecular formula is C18H19NO3S. The Balaban J connectivity index is 2.03. The van der Waals surface area contributed by atoms with E-state index in [0.717, 1.165) is 16.0 Å². The second-order valence-corrected chi connectivity index (χ2v) is 6.24. The molecule has 1 N–H and O–H groups in total. The van der Waals surface area contributed by atoms with Crippen LogP contribution < -0.4 is 5.32 Å². The third-order valence-electron chi connectivity index (χ3n) is 3.02. The third kappa shape index (κ3) is 5.38. The maximum atomic E-state index is 12.1. The Kier molecular flexibility index (Phi) is 6.11. The highest BCUT2D eigenvalue weighted by molar-refractivity contribution is 7.10. The molecule has 4 nitrogen and oxygen atoms in total. The number of allylic oxidation sites excluding steroid dienone is 1. The van der Waals surface area contributed by atoms with E-state index < -0.39 is 5.97 Å². The van der Waals surface area contributed by atoms with Crippen LogP contribution >= 0.6 is 11.3 Å². The number of hydrogen-bond donors (Lipinski definition) is 1. The molecule has 5 heteroatoms. The minimum Gasteiger partial charge on any atom is -0.452 e. The summed E-state index contributed by atoms with van der Waals surface area (Å²) in [4.78, 5) is 24.6. The first-order chi connectivity index (χ1) is 11.1. The van der Waals surface area contributed by atoms with Gasteiger partial charge in [0, 0.05) is 11.0 Å². The van der Waals surface area contributed by atoms with Gasteiger partial charge in [-0.2, -0.15) is 0 Å². The fourth-order valence-corrected chi connectivity index (χ4v) is 2.84. The van der Waals surface area contributed by atoms with Gasteiger partial charge in [-0.15, -0.1) is 11.3 Å². The van der Waals surface area contributed by atoms with Gasteiger partial charge in [0.2, 0.25) is 0 Å². The lowest BCUT2D eigenvalue weighted by molar-refractivity contribution is -0.144. The molecule has 0 spiro atoms. The molecule has 0 fully saturated rings. The quantitative estimate of drug-likeness (QED) is 0.652. The number of esters is 1. The smallest absolute Gasteiger partial charge is 0.331 e. The van der Waals surface area contributed by atoms with E-state index in [1.165, 1.54) is 6.08 Å². The van der Waals surface area contributed by atoms with Crippen molar-refractivity contribution in [2.24, 2.45) is 0 Å². The van der Waals surface area contributed by atoms with Gasteiger partial charge < -0.3 is 10.1 Å². The van der Waals surface area contributed by atoms with Crippen LogP contribution in [0.5, 0.6) is 0 Å². The summed E-state index contributed by atoms with van der Waals surface area (Å²) in [5.41, 5.74) is 1.81. The van der Waals surface area contributed by atoms with Gasteiger partial charge >= 0.3 is 5.97 Å². The average molecular weight is 329 g/mol. The lowest BCUT2D eigenvalue weighted by Crippen LogP contribution is -2.32. The summed E-state index contributed by atoms with van der Waals surface area (Å²) < 4.78 is 4.94. The van der Waals surface area contributed by atoms with Gasteiger partial charge in [-0.05, 0) is 30.9 Å². The van der Waals surface area contributed by atoms with E-state index >= 15 is 0 Å². The Morgan fingerprint density at radius 1 is 1.17 bits per heavy atom. The van der Waals surface area contributed by atoms with Gasteiger partial charge in [-0.25, -0.2) is 4.79 Å². The molecule has 0 aliphatic carbocycles. The van der Waals surface area contributed by atoms with Gasteiger partial charge in [0.25, 0.3) is 5.91 Å². The van der Waals surface area contributed by atoms with Crippen molar-refractivity contribution in [2.75, 3.05) is 6.61 Å². The van der Waals surface area contributed by atoms with Crippen molar-refractivity contribution in [2.45, 2.75) is 19.9 Å². The number of benzene rings is 1. The van der Waals surface area contributed by atoms with Crippen LogP contribution in [-0.4, -0.2) is 18.5 Å². The van der Waals surface area contributed by atoms with Gasteiger partial charge in [-0.3, -0.25) is 4.79 Å². The number of nitrogens with one attached hydrogen (secondary N) is 1. The Morgan fingerprint density at radius 3 is 2.52 bits per heavy atom. The van der Waals surface area contributed by atoms with Crippen LogP contribution in [0.3, 0.4) is 0 Å². The van der Waals surface area contributed by atoms with Crippen LogP contribution in [0, 0.1) is 0 Å². The molecule has 2 rings (SSSR count). The van der Waals surface area contributed by atoms with E-state index in [2.05, 4.69) is 5.32 Å². The summed E-state index contributed by atoms with van der Waals surface area (Å²) in [7, 11) is 0. The number of carbonyl (C=O) groups is 2. The number of thiophene rings is 1. The van der Waals surface area contributed by atoms with E-state index in [0.29, 0.717) is 0 Å². The molecule has 0 radical (unpaired) electrons. The van der Waals surface area contributed by atoms with Crippen molar-refractivity contribution in [3.8, 4) is 0 Å². The van der Waals surface area contributed by atoms with Crippen molar-refractivity contribution in [1.29, 1.82) is 0 Å².